The van der Waals surface area contributed by atoms with Crippen molar-refractivity contribution in [1.82, 2.24) is 16.1 Å². The van der Waals surface area contributed by atoms with Gasteiger partial charge in [-0.25, -0.2) is 9.59 Å². The molecule has 0 unspecified atom stereocenters. The van der Waals surface area contributed by atoms with Gasteiger partial charge in [0, 0.05) is 11.3 Å². The lowest BCUT2D eigenvalue weighted by atomic mass is 9.95. The number of esters is 1. The van der Waals surface area contributed by atoms with Crippen molar-refractivity contribution in [3.63, 3.8) is 0 Å². The minimum absolute atomic E-state index is 0.151. The Bertz CT molecular complexity index is 1340. The van der Waals surface area contributed by atoms with E-state index in [1.54, 1.807) is 50.6 Å². The number of nitrogens with zero attached hydrogens (tertiary/aromatic N) is 1. The van der Waals surface area contributed by atoms with Crippen molar-refractivity contribution in [3.8, 4) is 23.0 Å². The number of hydrogen-bond acceptors (Lipinski definition) is 10. The van der Waals surface area contributed by atoms with Gasteiger partial charge < -0.3 is 39.4 Å². The van der Waals surface area contributed by atoms with E-state index in [1.807, 2.05) is 19.9 Å². The maximum Gasteiger partial charge on any atom is 0.337 e. The van der Waals surface area contributed by atoms with E-state index in [-0.39, 0.29) is 12.2 Å². The molecule has 2 aromatic carbocycles. The van der Waals surface area contributed by atoms with Crippen LogP contribution in [0.15, 0.2) is 59.4 Å². The SMILES string of the molecule is C=CCc1cc(/C=N\N[C@@H](O)COc2ccc([C@H]3NC(=O)NC(C)=C3C(=O)OC)cc2OCC)cc(OC)c1OCC. The Labute approximate surface area is 245 Å². The molecule has 2 amide bonds. The van der Waals surface area contributed by atoms with Gasteiger partial charge in [-0.3, -0.25) is 5.43 Å². The highest BCUT2D eigenvalue weighted by atomic mass is 16.5. The van der Waals surface area contributed by atoms with Gasteiger partial charge in [-0.2, -0.15) is 5.10 Å². The first kappa shape index (κ1) is 31.8. The van der Waals surface area contributed by atoms with Crippen molar-refractivity contribution < 1.29 is 38.4 Å². The Morgan fingerprint density at radius 3 is 2.55 bits per heavy atom. The Morgan fingerprint density at radius 2 is 1.88 bits per heavy atom. The number of benzene rings is 2. The highest BCUT2D eigenvalue weighted by Gasteiger charge is 2.32. The Hall–Kier alpha value is -4.71. The first-order valence-corrected chi connectivity index (χ1v) is 13.4. The average Bonchev–Trinajstić information content (AvgIpc) is 2.97. The normalized spacial score (nSPS) is 15.4. The maximum absolute atomic E-state index is 12.4. The summed E-state index contributed by atoms with van der Waals surface area (Å²) in [5.74, 6) is 1.39. The summed E-state index contributed by atoms with van der Waals surface area (Å²) in [6.07, 6.45) is 2.77. The minimum atomic E-state index is -1.15. The molecule has 0 aromatic heterocycles. The third-order valence-corrected chi connectivity index (χ3v) is 6.14. The largest absolute Gasteiger partial charge is 0.493 e. The number of carbonyl (C=O) groups is 2. The van der Waals surface area contributed by atoms with Crippen LogP contribution in [0.25, 0.3) is 0 Å². The van der Waals surface area contributed by atoms with E-state index >= 15 is 0 Å². The summed E-state index contributed by atoms with van der Waals surface area (Å²) in [6.45, 7) is 9.82. The molecule has 1 aliphatic heterocycles. The molecule has 3 rings (SSSR count). The highest BCUT2D eigenvalue weighted by Crippen LogP contribution is 2.35. The minimum Gasteiger partial charge on any atom is -0.493 e. The van der Waals surface area contributed by atoms with Gasteiger partial charge in [-0.1, -0.05) is 12.1 Å². The van der Waals surface area contributed by atoms with Gasteiger partial charge >= 0.3 is 12.0 Å². The number of nitrogens with one attached hydrogen (secondary N) is 3. The maximum atomic E-state index is 12.4. The zero-order chi connectivity index (χ0) is 30.6. The summed E-state index contributed by atoms with van der Waals surface area (Å²) >= 11 is 0. The molecule has 0 bridgehead atoms. The molecule has 1 aliphatic rings. The van der Waals surface area contributed by atoms with Crippen molar-refractivity contribution in [2.75, 3.05) is 34.0 Å². The number of aliphatic hydroxyl groups is 1. The van der Waals surface area contributed by atoms with Crippen LogP contribution in [0.4, 0.5) is 4.79 Å². The topological polar surface area (TPSA) is 149 Å². The number of carbonyl (C=O) groups excluding carboxylic acids is 2. The molecule has 4 N–H and O–H groups in total. The van der Waals surface area contributed by atoms with Gasteiger partial charge in [0.2, 0.25) is 0 Å². The second-order valence-electron chi connectivity index (χ2n) is 9.05. The predicted octanol–water partition coefficient (Wildman–Crippen LogP) is 3.34. The molecule has 0 saturated heterocycles. The molecule has 0 saturated carbocycles. The van der Waals surface area contributed by atoms with Crippen LogP contribution in [-0.2, 0) is 16.0 Å². The number of amides is 2. The zero-order valence-electron chi connectivity index (χ0n) is 24.5. The molecular formula is C30H38N4O8. The number of allylic oxidation sites excluding steroid dienone is 2. The van der Waals surface area contributed by atoms with Crippen LogP contribution in [0.5, 0.6) is 23.0 Å². The molecule has 0 fully saturated rings. The van der Waals surface area contributed by atoms with Gasteiger partial charge in [0.25, 0.3) is 0 Å². The van der Waals surface area contributed by atoms with Crippen LogP contribution in [0.2, 0.25) is 0 Å². The summed E-state index contributed by atoms with van der Waals surface area (Å²) < 4.78 is 27.7. The lowest BCUT2D eigenvalue weighted by molar-refractivity contribution is -0.136. The number of hydrogen-bond donors (Lipinski definition) is 4. The quantitative estimate of drug-likeness (QED) is 0.0816. The molecule has 12 nitrogen and oxygen atoms in total. The van der Waals surface area contributed by atoms with E-state index in [2.05, 4.69) is 27.7 Å². The second kappa shape index (κ2) is 15.3. The molecule has 0 spiro atoms. The van der Waals surface area contributed by atoms with Crippen LogP contribution < -0.4 is 35.0 Å². The fourth-order valence-corrected chi connectivity index (χ4v) is 4.34. The summed E-state index contributed by atoms with van der Waals surface area (Å²) in [6, 6.07) is 7.50. The lowest BCUT2D eigenvalue weighted by Crippen LogP contribution is -2.45. The Balaban J connectivity index is 1.71. The molecule has 42 heavy (non-hydrogen) atoms. The van der Waals surface area contributed by atoms with Gasteiger partial charge in [0.1, 0.15) is 6.61 Å². The van der Waals surface area contributed by atoms with E-state index in [1.165, 1.54) is 7.11 Å². The third kappa shape index (κ3) is 7.94. The van der Waals surface area contributed by atoms with E-state index < -0.39 is 24.3 Å². The van der Waals surface area contributed by atoms with Gasteiger partial charge in [-0.15, -0.1) is 6.58 Å². The monoisotopic (exact) mass is 582 g/mol. The molecular weight excluding hydrogens is 544 g/mol. The predicted molar refractivity (Wildman–Crippen MR) is 157 cm³/mol. The highest BCUT2D eigenvalue weighted by molar-refractivity contribution is 5.95. The molecule has 2 aromatic rings. The molecule has 2 atom stereocenters. The number of ether oxygens (including phenoxy) is 5. The van der Waals surface area contributed by atoms with E-state index in [9.17, 15) is 14.7 Å². The van der Waals surface area contributed by atoms with Crippen molar-refractivity contribution >= 4 is 18.2 Å². The van der Waals surface area contributed by atoms with E-state index in [4.69, 9.17) is 23.7 Å². The van der Waals surface area contributed by atoms with Crippen molar-refractivity contribution in [2.24, 2.45) is 5.10 Å². The van der Waals surface area contributed by atoms with Crippen molar-refractivity contribution in [3.05, 3.63) is 70.9 Å². The number of urea groups is 1. The van der Waals surface area contributed by atoms with E-state index in [0.717, 1.165) is 11.1 Å². The fourth-order valence-electron chi connectivity index (χ4n) is 4.34. The zero-order valence-corrected chi connectivity index (χ0v) is 24.5. The van der Waals surface area contributed by atoms with Crippen LogP contribution in [0, 0.1) is 0 Å². The molecule has 0 aliphatic carbocycles. The van der Waals surface area contributed by atoms with Crippen molar-refractivity contribution in [2.45, 2.75) is 39.5 Å². The molecule has 0 radical (unpaired) electrons. The summed E-state index contributed by atoms with van der Waals surface area (Å²) in [5, 5.41) is 19.9. The molecule has 226 valence electrons. The lowest BCUT2D eigenvalue weighted by Gasteiger charge is -2.28. The molecule has 12 heteroatoms. The first-order chi connectivity index (χ1) is 20.3. The van der Waals surface area contributed by atoms with Gasteiger partial charge in [0.15, 0.2) is 29.2 Å². The summed E-state index contributed by atoms with van der Waals surface area (Å²) in [7, 11) is 2.84. The number of methoxy groups -OCH3 is 2. The van der Waals surface area contributed by atoms with E-state index in [0.29, 0.717) is 53.9 Å². The Kier molecular flexibility index (Phi) is 11.6. The van der Waals surface area contributed by atoms with Crippen LogP contribution in [-0.4, -0.2) is 63.6 Å². The number of aliphatic hydroxyl groups excluding tert-OH is 1. The second-order valence-corrected chi connectivity index (χ2v) is 9.05. The average molecular weight is 583 g/mol. The van der Waals surface area contributed by atoms with Gasteiger partial charge in [-0.05, 0) is 62.6 Å². The van der Waals surface area contributed by atoms with Crippen molar-refractivity contribution in [1.29, 1.82) is 0 Å². The summed E-state index contributed by atoms with van der Waals surface area (Å²) in [4.78, 5) is 24.6. The number of rotatable bonds is 15. The Morgan fingerprint density at radius 1 is 1.12 bits per heavy atom. The summed E-state index contributed by atoms with van der Waals surface area (Å²) in [5.41, 5.74) is 5.52. The van der Waals surface area contributed by atoms with Crippen LogP contribution in [0.1, 0.15) is 43.5 Å². The van der Waals surface area contributed by atoms with Crippen LogP contribution >= 0.6 is 0 Å². The fraction of sp³-hybridized carbons (Fsp3) is 0.367. The first-order valence-electron chi connectivity index (χ1n) is 13.4. The smallest absolute Gasteiger partial charge is 0.337 e. The third-order valence-electron chi connectivity index (χ3n) is 6.14. The standard InChI is InChI=1S/C30H38N4O8/c1-7-10-21-13-19(14-24(38-5)28(21)41-9-3)16-31-34-25(35)17-42-22-12-11-20(15-23(22)40-8-2)27-26(29(36)39-6)18(4)32-30(37)33-27/h7,11-16,25,27,34-35H,1,8-10,17H2,2-6H3,(H2,32,33,37)/b31-16-/t25-,27+/m0/s1. The van der Waals surface area contributed by atoms with Gasteiger partial charge in [0.05, 0.1) is 45.3 Å². The molecule has 1 heterocycles. The number of hydrazone groups is 1. The van der Waals surface area contributed by atoms with Crippen LogP contribution in [0.3, 0.4) is 0 Å².